The molecular weight excluding hydrogens is 384 g/mol. The molecule has 2 heterocycles. The molecule has 0 unspecified atom stereocenters. The third-order valence-corrected chi connectivity index (χ3v) is 7.03. The maximum atomic E-state index is 12.0. The normalized spacial score (nSPS) is 15.2. The van der Waals surface area contributed by atoms with Crippen molar-refractivity contribution in [1.82, 2.24) is 14.9 Å². The van der Waals surface area contributed by atoms with Gasteiger partial charge in [-0.25, -0.2) is 9.47 Å². The summed E-state index contributed by atoms with van der Waals surface area (Å²) in [4.78, 5) is 12.0. The number of hydrogen-bond acceptors (Lipinski definition) is 6. The van der Waals surface area contributed by atoms with E-state index in [9.17, 15) is 4.79 Å². The molecule has 6 nitrogen and oxygen atoms in total. The first-order chi connectivity index (χ1) is 14.0. The summed E-state index contributed by atoms with van der Waals surface area (Å²) >= 11 is 1.50. The molecule has 1 fully saturated rings. The zero-order valence-corrected chi connectivity index (χ0v) is 17.9. The third-order valence-electron chi connectivity index (χ3n) is 6.04. The van der Waals surface area contributed by atoms with Crippen molar-refractivity contribution in [3.63, 3.8) is 0 Å². The number of thioether (sulfide) groups is 1. The van der Waals surface area contributed by atoms with Crippen LogP contribution in [0.15, 0.2) is 32.6 Å². The summed E-state index contributed by atoms with van der Waals surface area (Å²) in [7, 11) is 0. The molecule has 1 saturated carbocycles. The first kappa shape index (κ1) is 20.0. The van der Waals surface area contributed by atoms with Crippen molar-refractivity contribution in [1.29, 1.82) is 0 Å². The van der Waals surface area contributed by atoms with Crippen molar-refractivity contribution in [2.24, 2.45) is 5.92 Å². The Balaban J connectivity index is 1.47. The average Bonchev–Trinajstić information content (AvgIpc) is 3.06. The summed E-state index contributed by atoms with van der Waals surface area (Å²) in [6.07, 6.45) is 8.70. The zero-order valence-electron chi connectivity index (χ0n) is 17.1. The van der Waals surface area contributed by atoms with E-state index in [4.69, 9.17) is 10.3 Å². The SMILES string of the molecule is Cc1cc2oc(=O)cc(CSc3nnc(CCC4CCCCC4)n3N)c2cc1C. The van der Waals surface area contributed by atoms with Crippen molar-refractivity contribution in [3.8, 4) is 0 Å². The molecule has 1 aromatic carbocycles. The van der Waals surface area contributed by atoms with Crippen LogP contribution in [0.2, 0.25) is 0 Å². The minimum Gasteiger partial charge on any atom is -0.423 e. The number of rotatable bonds is 6. The van der Waals surface area contributed by atoms with Crippen LogP contribution in [0.4, 0.5) is 0 Å². The van der Waals surface area contributed by atoms with Gasteiger partial charge in [0.15, 0.2) is 5.82 Å². The fraction of sp³-hybridized carbons (Fsp3) is 0.500. The maximum absolute atomic E-state index is 12.0. The second-order valence-corrected chi connectivity index (χ2v) is 9.07. The van der Waals surface area contributed by atoms with Gasteiger partial charge in [-0.3, -0.25) is 0 Å². The van der Waals surface area contributed by atoms with Crippen LogP contribution in [-0.2, 0) is 12.2 Å². The van der Waals surface area contributed by atoms with Gasteiger partial charge in [-0.2, -0.15) is 0 Å². The first-order valence-electron chi connectivity index (χ1n) is 10.4. The van der Waals surface area contributed by atoms with Crippen LogP contribution < -0.4 is 11.5 Å². The zero-order chi connectivity index (χ0) is 20.4. The molecule has 0 bridgehead atoms. The molecule has 0 spiro atoms. The van der Waals surface area contributed by atoms with Crippen LogP contribution in [0.25, 0.3) is 11.0 Å². The standard InChI is InChI=1S/C22H28N4O2S/c1-14-10-18-17(12-21(27)28-19(18)11-15(14)2)13-29-22-25-24-20(26(22)23)9-8-16-6-4-3-5-7-16/h10-12,16H,3-9,13,23H2,1-2H3. The van der Waals surface area contributed by atoms with Gasteiger partial charge in [0.25, 0.3) is 0 Å². The molecule has 0 atom stereocenters. The summed E-state index contributed by atoms with van der Waals surface area (Å²) in [5.41, 5.74) is 3.49. The van der Waals surface area contributed by atoms with Crippen LogP contribution in [0.3, 0.4) is 0 Å². The van der Waals surface area contributed by atoms with Crippen LogP contribution >= 0.6 is 11.8 Å². The number of nitrogens with two attached hydrogens (primary N) is 1. The Labute approximate surface area is 174 Å². The lowest BCUT2D eigenvalue weighted by Gasteiger charge is -2.20. The smallest absolute Gasteiger partial charge is 0.336 e. The topological polar surface area (TPSA) is 86.9 Å². The molecule has 3 aromatic rings. The highest BCUT2D eigenvalue weighted by molar-refractivity contribution is 7.98. The van der Waals surface area contributed by atoms with Crippen molar-refractivity contribution in [3.05, 3.63) is 51.1 Å². The molecule has 2 aromatic heterocycles. The Hall–Kier alpha value is -2.28. The van der Waals surface area contributed by atoms with Crippen LogP contribution in [-0.4, -0.2) is 14.9 Å². The van der Waals surface area contributed by atoms with Gasteiger partial charge in [-0.05, 0) is 55.0 Å². The van der Waals surface area contributed by atoms with E-state index in [0.29, 0.717) is 16.5 Å². The molecule has 4 rings (SSSR count). The van der Waals surface area contributed by atoms with E-state index in [1.165, 1.54) is 49.4 Å². The lowest BCUT2D eigenvalue weighted by Crippen LogP contribution is -2.16. The van der Waals surface area contributed by atoms with Crippen LogP contribution in [0, 0.1) is 19.8 Å². The van der Waals surface area contributed by atoms with E-state index in [1.54, 1.807) is 10.7 Å². The summed E-state index contributed by atoms with van der Waals surface area (Å²) in [5.74, 6) is 8.47. The molecule has 0 saturated heterocycles. The predicted molar refractivity (Wildman–Crippen MR) is 117 cm³/mol. The highest BCUT2D eigenvalue weighted by Crippen LogP contribution is 2.29. The van der Waals surface area contributed by atoms with Crippen molar-refractivity contribution in [2.45, 2.75) is 69.7 Å². The van der Waals surface area contributed by atoms with Gasteiger partial charge in [0.05, 0.1) is 0 Å². The molecule has 1 aliphatic carbocycles. The summed E-state index contributed by atoms with van der Waals surface area (Å²) in [6, 6.07) is 5.56. The van der Waals surface area contributed by atoms with E-state index >= 15 is 0 Å². The highest BCUT2D eigenvalue weighted by atomic mass is 32.2. The van der Waals surface area contributed by atoms with Crippen molar-refractivity contribution < 1.29 is 4.42 Å². The Morgan fingerprint density at radius 3 is 2.69 bits per heavy atom. The predicted octanol–water partition coefficient (Wildman–Crippen LogP) is 4.52. The van der Waals surface area contributed by atoms with Gasteiger partial charge in [0.2, 0.25) is 5.16 Å². The monoisotopic (exact) mass is 412 g/mol. The molecular formula is C22H28N4O2S. The maximum Gasteiger partial charge on any atom is 0.336 e. The van der Waals surface area contributed by atoms with E-state index in [0.717, 1.165) is 41.1 Å². The molecule has 2 N–H and O–H groups in total. The fourth-order valence-electron chi connectivity index (χ4n) is 4.13. The van der Waals surface area contributed by atoms with Gasteiger partial charge in [-0.1, -0.05) is 43.9 Å². The minimum atomic E-state index is -0.335. The fourth-order valence-corrected chi connectivity index (χ4v) is 5.00. The lowest BCUT2D eigenvalue weighted by molar-refractivity contribution is 0.336. The van der Waals surface area contributed by atoms with E-state index < -0.39 is 0 Å². The number of hydrogen-bond donors (Lipinski definition) is 1. The Morgan fingerprint density at radius 2 is 1.90 bits per heavy atom. The quantitative estimate of drug-likeness (QED) is 0.364. The second-order valence-electron chi connectivity index (χ2n) is 8.12. The van der Waals surface area contributed by atoms with Gasteiger partial charge >= 0.3 is 5.63 Å². The first-order valence-corrected chi connectivity index (χ1v) is 11.4. The number of aryl methyl sites for hydroxylation is 3. The molecule has 0 amide bonds. The minimum absolute atomic E-state index is 0.335. The van der Waals surface area contributed by atoms with Crippen molar-refractivity contribution in [2.75, 3.05) is 5.84 Å². The lowest BCUT2D eigenvalue weighted by atomic mass is 9.86. The molecule has 1 aliphatic rings. The number of nitrogens with zero attached hydrogens (tertiary/aromatic N) is 3. The summed E-state index contributed by atoms with van der Waals surface area (Å²) in [6.45, 7) is 4.08. The van der Waals surface area contributed by atoms with Gasteiger partial charge < -0.3 is 10.3 Å². The van der Waals surface area contributed by atoms with E-state index in [1.807, 2.05) is 13.0 Å². The summed E-state index contributed by atoms with van der Waals surface area (Å²) < 4.78 is 6.99. The Bertz CT molecular complexity index is 1070. The Morgan fingerprint density at radius 1 is 1.14 bits per heavy atom. The van der Waals surface area contributed by atoms with Gasteiger partial charge in [-0.15, -0.1) is 10.2 Å². The van der Waals surface area contributed by atoms with Gasteiger partial charge in [0, 0.05) is 23.6 Å². The van der Waals surface area contributed by atoms with Gasteiger partial charge in [0.1, 0.15) is 5.58 Å². The van der Waals surface area contributed by atoms with Crippen molar-refractivity contribution >= 4 is 22.7 Å². The number of nitrogen functional groups attached to an aromatic ring is 1. The van der Waals surface area contributed by atoms with E-state index in [-0.39, 0.29) is 5.63 Å². The molecule has 154 valence electrons. The largest absolute Gasteiger partial charge is 0.423 e. The molecule has 7 heteroatoms. The van der Waals surface area contributed by atoms with Crippen LogP contribution in [0.5, 0.6) is 0 Å². The number of benzene rings is 1. The summed E-state index contributed by atoms with van der Waals surface area (Å²) in [5, 5.41) is 10.2. The number of aromatic nitrogens is 3. The molecule has 0 aliphatic heterocycles. The number of fused-ring (bicyclic) bond motifs is 1. The second kappa shape index (κ2) is 8.61. The molecule has 0 radical (unpaired) electrons. The third kappa shape index (κ3) is 4.50. The Kier molecular flexibility index (Phi) is 5.94. The van der Waals surface area contributed by atoms with Crippen LogP contribution in [0.1, 0.15) is 61.0 Å². The molecule has 29 heavy (non-hydrogen) atoms. The average molecular weight is 413 g/mol. The van der Waals surface area contributed by atoms with E-state index in [2.05, 4.69) is 23.2 Å². The highest BCUT2D eigenvalue weighted by Gasteiger charge is 2.17.